The minimum atomic E-state index is -4.02. The molecule has 1 fully saturated rings. The topological polar surface area (TPSA) is 113 Å². The zero-order valence-electron chi connectivity index (χ0n) is 17.7. The lowest BCUT2D eigenvalue weighted by molar-refractivity contribution is -0.158. The third kappa shape index (κ3) is 5.55. The average Bonchev–Trinajstić information content (AvgIpc) is 2.98. The van der Waals surface area contributed by atoms with Gasteiger partial charge in [0.25, 0.3) is 5.91 Å². The number of nitrogens with one attached hydrogen (secondary N) is 1. The zero-order valence-corrected chi connectivity index (χ0v) is 18.5. The molecule has 1 aliphatic heterocycles. The third-order valence-electron chi connectivity index (χ3n) is 4.75. The van der Waals surface area contributed by atoms with Crippen molar-refractivity contribution >= 4 is 21.9 Å². The van der Waals surface area contributed by atoms with E-state index in [2.05, 4.69) is 5.32 Å². The van der Waals surface area contributed by atoms with Crippen LogP contribution in [0.4, 0.5) is 0 Å². The number of aliphatic hydroxyl groups is 1. The number of aliphatic hydroxyl groups excluding tert-OH is 1. The molecule has 8 nitrogen and oxygen atoms in total. The Morgan fingerprint density at radius 1 is 1.24 bits per heavy atom. The second-order valence-electron chi connectivity index (χ2n) is 8.54. The summed E-state index contributed by atoms with van der Waals surface area (Å²) in [4.78, 5) is 24.9. The van der Waals surface area contributed by atoms with E-state index in [9.17, 15) is 23.1 Å². The maximum atomic E-state index is 13.1. The standard InChI is InChI=1S/C20H30N2O6S/c1-12-7-8-16(9-13(12)2)29(26,27)22-11-15(23)10-17(22)19(25)28-14(3)18(24)21-20(4,5)6/h7-9,14-15,17,23H,10-11H2,1-6H3,(H,21,24)/t14?,15?,17-/m0/s1. The molecule has 0 aliphatic carbocycles. The molecule has 3 atom stereocenters. The number of hydrogen-bond donors (Lipinski definition) is 2. The number of β-amino-alcohol motifs (C(OH)–C–C–N with tert-alkyl or cyclic N) is 1. The summed E-state index contributed by atoms with van der Waals surface area (Å²) in [5.41, 5.74) is 1.25. The SMILES string of the molecule is Cc1ccc(S(=O)(=O)N2CC(O)C[C@H]2C(=O)OC(C)C(=O)NC(C)(C)C)cc1C. The van der Waals surface area contributed by atoms with Gasteiger partial charge in [-0.3, -0.25) is 9.59 Å². The molecule has 0 saturated carbocycles. The molecule has 1 heterocycles. The largest absolute Gasteiger partial charge is 0.451 e. The number of hydrogen-bond acceptors (Lipinski definition) is 6. The van der Waals surface area contributed by atoms with Gasteiger partial charge in [0.1, 0.15) is 6.04 Å². The van der Waals surface area contributed by atoms with Gasteiger partial charge in [0.05, 0.1) is 11.0 Å². The van der Waals surface area contributed by atoms with Gasteiger partial charge in [-0.2, -0.15) is 4.31 Å². The molecule has 29 heavy (non-hydrogen) atoms. The molecule has 1 aromatic carbocycles. The van der Waals surface area contributed by atoms with Gasteiger partial charge in [-0.05, 0) is 64.8 Å². The maximum absolute atomic E-state index is 13.1. The summed E-state index contributed by atoms with van der Waals surface area (Å²) in [7, 11) is -4.02. The van der Waals surface area contributed by atoms with Crippen LogP contribution < -0.4 is 5.32 Å². The first-order valence-electron chi connectivity index (χ1n) is 9.52. The first-order valence-corrected chi connectivity index (χ1v) is 11.0. The number of benzene rings is 1. The molecule has 2 N–H and O–H groups in total. The van der Waals surface area contributed by atoms with Crippen molar-refractivity contribution in [3.63, 3.8) is 0 Å². The Morgan fingerprint density at radius 2 is 1.86 bits per heavy atom. The average molecular weight is 427 g/mol. The van der Waals surface area contributed by atoms with Gasteiger partial charge in [-0.15, -0.1) is 0 Å². The molecule has 1 aliphatic rings. The molecular weight excluding hydrogens is 396 g/mol. The molecule has 162 valence electrons. The third-order valence-corrected chi connectivity index (χ3v) is 6.62. The molecule has 1 amide bonds. The first kappa shape index (κ1) is 23.3. The minimum Gasteiger partial charge on any atom is -0.451 e. The number of ether oxygens (including phenoxy) is 1. The van der Waals surface area contributed by atoms with Gasteiger partial charge in [-0.1, -0.05) is 6.07 Å². The van der Waals surface area contributed by atoms with Crippen LogP contribution in [0.1, 0.15) is 45.2 Å². The molecule has 0 bridgehead atoms. The highest BCUT2D eigenvalue weighted by Gasteiger charge is 2.45. The van der Waals surface area contributed by atoms with Crippen LogP contribution in [-0.2, 0) is 24.3 Å². The van der Waals surface area contributed by atoms with E-state index >= 15 is 0 Å². The molecule has 9 heteroatoms. The van der Waals surface area contributed by atoms with Gasteiger partial charge >= 0.3 is 5.97 Å². The van der Waals surface area contributed by atoms with Crippen LogP contribution in [0, 0.1) is 13.8 Å². The number of rotatable bonds is 5. The first-order chi connectivity index (χ1) is 13.2. The molecule has 0 aromatic heterocycles. The molecule has 1 aromatic rings. The van der Waals surface area contributed by atoms with Crippen LogP contribution in [0.25, 0.3) is 0 Å². The second kappa shape index (κ2) is 8.41. The fraction of sp³-hybridized carbons (Fsp3) is 0.600. The van der Waals surface area contributed by atoms with E-state index < -0.39 is 45.7 Å². The number of amides is 1. The van der Waals surface area contributed by atoms with Gasteiger partial charge in [0, 0.05) is 18.5 Å². The van der Waals surface area contributed by atoms with E-state index in [4.69, 9.17) is 4.74 Å². The normalized spacial score (nSPS) is 21.6. The zero-order chi connectivity index (χ0) is 22.1. The van der Waals surface area contributed by atoms with Crippen molar-refractivity contribution in [3.8, 4) is 0 Å². The van der Waals surface area contributed by atoms with E-state index in [-0.39, 0.29) is 17.9 Å². The molecule has 1 saturated heterocycles. The number of nitrogens with zero attached hydrogens (tertiary/aromatic N) is 1. The van der Waals surface area contributed by atoms with Crippen LogP contribution in [0.15, 0.2) is 23.1 Å². The van der Waals surface area contributed by atoms with Crippen molar-refractivity contribution in [2.45, 2.75) is 76.6 Å². The van der Waals surface area contributed by atoms with Crippen molar-refractivity contribution < 1.29 is 27.9 Å². The Labute approximate surface area is 172 Å². The maximum Gasteiger partial charge on any atom is 0.325 e. The monoisotopic (exact) mass is 426 g/mol. The summed E-state index contributed by atoms with van der Waals surface area (Å²) in [6, 6.07) is 3.52. The number of carbonyl (C=O) groups is 2. The van der Waals surface area contributed by atoms with Crippen molar-refractivity contribution in [2.75, 3.05) is 6.54 Å². The summed E-state index contributed by atoms with van der Waals surface area (Å²) < 4.78 is 32.4. The van der Waals surface area contributed by atoms with Crippen LogP contribution in [0.5, 0.6) is 0 Å². The van der Waals surface area contributed by atoms with E-state index in [1.807, 2.05) is 6.92 Å². The van der Waals surface area contributed by atoms with Crippen LogP contribution in [0.3, 0.4) is 0 Å². The number of sulfonamides is 1. The van der Waals surface area contributed by atoms with E-state index in [1.54, 1.807) is 33.8 Å². The van der Waals surface area contributed by atoms with E-state index in [1.165, 1.54) is 19.1 Å². The van der Waals surface area contributed by atoms with Crippen molar-refractivity contribution in [1.82, 2.24) is 9.62 Å². The van der Waals surface area contributed by atoms with Crippen molar-refractivity contribution in [1.29, 1.82) is 0 Å². The summed E-state index contributed by atoms with van der Waals surface area (Å²) >= 11 is 0. The molecule has 0 radical (unpaired) electrons. The minimum absolute atomic E-state index is 0.0472. The van der Waals surface area contributed by atoms with Crippen LogP contribution >= 0.6 is 0 Å². The summed E-state index contributed by atoms with van der Waals surface area (Å²) in [5.74, 6) is -1.33. The number of aryl methyl sites for hydroxylation is 2. The Hall–Kier alpha value is -1.97. The summed E-state index contributed by atoms with van der Waals surface area (Å²) in [6.07, 6.45) is -2.17. The highest BCUT2D eigenvalue weighted by molar-refractivity contribution is 7.89. The quantitative estimate of drug-likeness (QED) is 0.686. The van der Waals surface area contributed by atoms with Crippen LogP contribution in [-0.4, -0.2) is 60.0 Å². The number of esters is 1. The lowest BCUT2D eigenvalue weighted by Crippen LogP contribution is -2.48. The fourth-order valence-electron chi connectivity index (χ4n) is 3.05. The van der Waals surface area contributed by atoms with E-state index in [0.29, 0.717) is 0 Å². The smallest absolute Gasteiger partial charge is 0.325 e. The lowest BCUT2D eigenvalue weighted by atomic mass is 10.1. The Morgan fingerprint density at radius 3 is 2.41 bits per heavy atom. The second-order valence-corrected chi connectivity index (χ2v) is 10.4. The molecular formula is C20H30N2O6S. The molecule has 0 spiro atoms. The van der Waals surface area contributed by atoms with Gasteiger partial charge < -0.3 is 15.2 Å². The fourth-order valence-corrected chi connectivity index (χ4v) is 4.76. The molecule has 2 rings (SSSR count). The van der Waals surface area contributed by atoms with Crippen LogP contribution in [0.2, 0.25) is 0 Å². The Balaban J connectivity index is 2.22. The number of carbonyl (C=O) groups excluding carboxylic acids is 2. The summed E-state index contributed by atoms with van der Waals surface area (Å²) in [6.45, 7) is 10.3. The summed E-state index contributed by atoms with van der Waals surface area (Å²) in [5, 5.41) is 12.7. The van der Waals surface area contributed by atoms with Crippen molar-refractivity contribution in [2.24, 2.45) is 0 Å². The highest BCUT2D eigenvalue weighted by atomic mass is 32.2. The van der Waals surface area contributed by atoms with E-state index in [0.717, 1.165) is 15.4 Å². The Bertz CT molecular complexity index is 891. The Kier molecular flexibility index (Phi) is 6.76. The predicted molar refractivity (Wildman–Crippen MR) is 108 cm³/mol. The van der Waals surface area contributed by atoms with Gasteiger partial charge in [0.2, 0.25) is 10.0 Å². The van der Waals surface area contributed by atoms with Gasteiger partial charge in [-0.25, -0.2) is 8.42 Å². The predicted octanol–water partition coefficient (Wildman–Crippen LogP) is 1.27. The lowest BCUT2D eigenvalue weighted by Gasteiger charge is -2.26. The van der Waals surface area contributed by atoms with Crippen molar-refractivity contribution in [3.05, 3.63) is 29.3 Å². The molecule has 2 unspecified atom stereocenters. The van der Waals surface area contributed by atoms with Gasteiger partial charge in [0.15, 0.2) is 6.10 Å². The highest BCUT2D eigenvalue weighted by Crippen LogP contribution is 2.28.